The zero-order chi connectivity index (χ0) is 18.9. The Morgan fingerprint density at radius 3 is 2.62 bits per heavy atom. The van der Waals surface area contributed by atoms with Crippen LogP contribution in [0.2, 0.25) is 5.15 Å². The number of carbonyl (C=O) groups excluding carboxylic acids is 1. The summed E-state index contributed by atoms with van der Waals surface area (Å²) in [7, 11) is -2.54. The fraction of sp³-hybridized carbons (Fsp3) is 0.235. The van der Waals surface area contributed by atoms with E-state index in [4.69, 9.17) is 11.6 Å². The number of aromatic nitrogens is 1. The van der Waals surface area contributed by atoms with Crippen LogP contribution in [0.25, 0.3) is 0 Å². The first-order chi connectivity index (χ1) is 12.3. The summed E-state index contributed by atoms with van der Waals surface area (Å²) in [5, 5.41) is 4.09. The smallest absolute Gasteiger partial charge is 0.341 e. The summed E-state index contributed by atoms with van der Waals surface area (Å²) in [6, 6.07) is 7.97. The Hall–Kier alpha value is -2.45. The number of hydrogen-bond acceptors (Lipinski definition) is 6. The third-order valence-corrected chi connectivity index (χ3v) is 5.51. The van der Waals surface area contributed by atoms with Gasteiger partial charge in [-0.25, -0.2) is 9.78 Å². The molecule has 0 amide bonds. The Labute approximate surface area is 156 Å². The number of hydrogen-bond donors (Lipinski definition) is 1. The molecule has 1 aromatic heterocycles. The zero-order valence-electron chi connectivity index (χ0n) is 14.1. The summed E-state index contributed by atoms with van der Waals surface area (Å²) in [6.45, 7) is 1.87. The van der Waals surface area contributed by atoms with Gasteiger partial charge in [-0.2, -0.15) is 18.4 Å². The molecule has 0 saturated heterocycles. The summed E-state index contributed by atoms with van der Waals surface area (Å²) in [5.41, 5.74) is 2.81. The normalized spacial score (nSPS) is 15.0. The molecule has 0 saturated carbocycles. The Balaban J connectivity index is 1.91. The van der Waals surface area contributed by atoms with Crippen molar-refractivity contribution in [3.8, 4) is 0 Å². The van der Waals surface area contributed by atoms with Gasteiger partial charge in [-0.3, -0.25) is 0 Å². The van der Waals surface area contributed by atoms with Crippen LogP contribution in [0.15, 0.2) is 40.3 Å². The molecule has 0 spiro atoms. The Morgan fingerprint density at radius 1 is 1.27 bits per heavy atom. The van der Waals surface area contributed by atoms with Gasteiger partial charge in [0, 0.05) is 5.56 Å². The summed E-state index contributed by atoms with van der Waals surface area (Å²) in [5.74, 6) is -0.614. The first-order valence-corrected chi connectivity index (χ1v) is 9.61. The standard InChI is InChI=1S/C17H16ClN3O4S/c1-10-3-5-11(6-4-10)26(23,24)21-20-15-8-7-14-12(15)9-13(16(18)19-14)17(22)25-2/h3-6,9,21H,7-8H2,1-2H3/b20-15-. The second kappa shape index (κ2) is 7.05. The molecule has 0 atom stereocenters. The first kappa shape index (κ1) is 18.3. The van der Waals surface area contributed by atoms with Gasteiger partial charge >= 0.3 is 5.97 Å². The molecule has 1 aromatic carbocycles. The van der Waals surface area contributed by atoms with Crippen LogP contribution in [-0.2, 0) is 21.2 Å². The minimum absolute atomic E-state index is 0.0529. The van der Waals surface area contributed by atoms with Crippen LogP contribution in [0.4, 0.5) is 0 Å². The molecular weight excluding hydrogens is 378 g/mol. The molecule has 1 N–H and O–H groups in total. The van der Waals surface area contributed by atoms with E-state index in [9.17, 15) is 13.2 Å². The van der Waals surface area contributed by atoms with E-state index in [1.807, 2.05) is 6.92 Å². The van der Waals surface area contributed by atoms with Crippen molar-refractivity contribution in [2.24, 2.45) is 5.10 Å². The minimum Gasteiger partial charge on any atom is -0.465 e. The first-order valence-electron chi connectivity index (χ1n) is 7.75. The van der Waals surface area contributed by atoms with Gasteiger partial charge in [-0.1, -0.05) is 29.3 Å². The molecule has 1 aliphatic carbocycles. The predicted octanol–water partition coefficient (Wildman–Crippen LogP) is 2.46. The van der Waals surface area contributed by atoms with Crippen LogP contribution in [0.1, 0.15) is 33.6 Å². The monoisotopic (exact) mass is 393 g/mol. The van der Waals surface area contributed by atoms with Gasteiger partial charge < -0.3 is 4.74 Å². The van der Waals surface area contributed by atoms with Gasteiger partial charge in [0.05, 0.1) is 29.0 Å². The van der Waals surface area contributed by atoms with E-state index in [0.717, 1.165) is 5.56 Å². The molecule has 0 radical (unpaired) electrons. The van der Waals surface area contributed by atoms with Crippen molar-refractivity contribution in [3.05, 3.63) is 57.9 Å². The summed E-state index contributed by atoms with van der Waals surface area (Å²) in [4.78, 5) is 18.3. The van der Waals surface area contributed by atoms with Gasteiger partial charge in [-0.05, 0) is 38.0 Å². The van der Waals surface area contributed by atoms with E-state index >= 15 is 0 Å². The minimum atomic E-state index is -3.78. The number of ether oxygens (including phenoxy) is 1. The molecule has 0 aliphatic heterocycles. The van der Waals surface area contributed by atoms with Gasteiger partial charge in [0.2, 0.25) is 0 Å². The molecule has 9 heteroatoms. The van der Waals surface area contributed by atoms with Crippen molar-refractivity contribution in [3.63, 3.8) is 0 Å². The molecule has 2 aromatic rings. The fourth-order valence-electron chi connectivity index (χ4n) is 2.59. The SMILES string of the molecule is COC(=O)c1cc2c(nc1Cl)CC/C2=N/NS(=O)(=O)c1ccc(C)cc1. The van der Waals surface area contributed by atoms with E-state index in [1.54, 1.807) is 12.1 Å². The quantitative estimate of drug-likeness (QED) is 0.488. The number of sulfonamides is 1. The number of aryl methyl sites for hydroxylation is 2. The maximum atomic E-state index is 12.4. The molecule has 136 valence electrons. The number of rotatable bonds is 4. The van der Waals surface area contributed by atoms with Crippen molar-refractivity contribution >= 4 is 33.3 Å². The number of carbonyl (C=O) groups is 1. The van der Waals surface area contributed by atoms with Crippen LogP contribution < -0.4 is 4.83 Å². The lowest BCUT2D eigenvalue weighted by atomic mass is 10.1. The van der Waals surface area contributed by atoms with Crippen molar-refractivity contribution in [1.82, 2.24) is 9.82 Å². The molecule has 0 fully saturated rings. The van der Waals surface area contributed by atoms with Crippen molar-refractivity contribution < 1.29 is 17.9 Å². The number of esters is 1. The maximum absolute atomic E-state index is 12.4. The number of hydrazone groups is 1. The highest BCUT2D eigenvalue weighted by molar-refractivity contribution is 7.89. The molecule has 7 nitrogen and oxygen atoms in total. The van der Waals surface area contributed by atoms with Crippen molar-refractivity contribution in [1.29, 1.82) is 0 Å². The van der Waals surface area contributed by atoms with E-state index in [-0.39, 0.29) is 15.6 Å². The number of halogens is 1. The van der Waals surface area contributed by atoms with E-state index in [1.165, 1.54) is 25.3 Å². The van der Waals surface area contributed by atoms with Crippen LogP contribution in [0.5, 0.6) is 0 Å². The van der Waals surface area contributed by atoms with E-state index in [0.29, 0.717) is 29.8 Å². The molecular formula is C17H16ClN3O4S. The average molecular weight is 394 g/mol. The molecule has 3 rings (SSSR count). The second-order valence-corrected chi connectivity index (χ2v) is 7.80. The van der Waals surface area contributed by atoms with Gasteiger partial charge in [-0.15, -0.1) is 0 Å². The molecule has 1 heterocycles. The largest absolute Gasteiger partial charge is 0.465 e. The number of nitrogens with one attached hydrogen (secondary N) is 1. The molecule has 0 unspecified atom stereocenters. The van der Waals surface area contributed by atoms with E-state index < -0.39 is 16.0 Å². The summed E-state index contributed by atoms with van der Waals surface area (Å²) >= 11 is 6.01. The lowest BCUT2D eigenvalue weighted by Gasteiger charge is -2.07. The highest BCUT2D eigenvalue weighted by Gasteiger charge is 2.25. The summed E-state index contributed by atoms with van der Waals surface area (Å²) in [6.07, 6.45) is 1.04. The number of pyridine rings is 1. The lowest BCUT2D eigenvalue weighted by Crippen LogP contribution is -2.20. The van der Waals surface area contributed by atoms with E-state index in [2.05, 4.69) is 19.7 Å². The Morgan fingerprint density at radius 2 is 1.96 bits per heavy atom. The zero-order valence-corrected chi connectivity index (χ0v) is 15.7. The molecule has 0 bridgehead atoms. The van der Waals surface area contributed by atoms with Crippen LogP contribution in [-0.4, -0.2) is 32.2 Å². The van der Waals surface area contributed by atoms with Crippen molar-refractivity contribution in [2.45, 2.75) is 24.7 Å². The molecule has 26 heavy (non-hydrogen) atoms. The number of methoxy groups -OCH3 is 1. The maximum Gasteiger partial charge on any atom is 0.341 e. The molecule has 1 aliphatic rings. The Bertz CT molecular complexity index is 1000. The van der Waals surface area contributed by atoms with Crippen LogP contribution in [0.3, 0.4) is 0 Å². The number of nitrogens with zero attached hydrogens (tertiary/aromatic N) is 2. The predicted molar refractivity (Wildman–Crippen MR) is 96.9 cm³/mol. The van der Waals surface area contributed by atoms with Gasteiger partial charge in [0.25, 0.3) is 10.0 Å². The number of fused-ring (bicyclic) bond motifs is 1. The highest BCUT2D eigenvalue weighted by Crippen LogP contribution is 2.26. The second-order valence-electron chi connectivity index (χ2n) is 5.78. The third-order valence-electron chi connectivity index (χ3n) is 4.00. The van der Waals surface area contributed by atoms with Gasteiger partial charge in [0.15, 0.2) is 0 Å². The lowest BCUT2D eigenvalue weighted by molar-refractivity contribution is 0.0600. The summed E-state index contributed by atoms with van der Waals surface area (Å²) < 4.78 is 29.4. The number of benzene rings is 1. The van der Waals surface area contributed by atoms with Crippen LogP contribution in [0, 0.1) is 6.92 Å². The highest BCUT2D eigenvalue weighted by atomic mass is 35.5. The Kier molecular flexibility index (Phi) is 4.97. The average Bonchev–Trinajstić information content (AvgIpc) is 3.01. The van der Waals surface area contributed by atoms with Crippen LogP contribution >= 0.6 is 11.6 Å². The topological polar surface area (TPSA) is 97.7 Å². The fourth-order valence-corrected chi connectivity index (χ4v) is 3.66. The van der Waals surface area contributed by atoms with Crippen molar-refractivity contribution in [2.75, 3.05) is 7.11 Å². The van der Waals surface area contributed by atoms with Gasteiger partial charge in [0.1, 0.15) is 5.15 Å². The third kappa shape index (κ3) is 3.56.